The largest absolute Gasteiger partial charge is 0.308 e. The second-order valence-electron chi connectivity index (χ2n) is 12.5. The molecule has 0 saturated heterocycles. The van der Waals surface area contributed by atoms with Crippen molar-refractivity contribution in [2.75, 3.05) is 0 Å². The molecule has 234 valence electrons. The van der Waals surface area contributed by atoms with Crippen LogP contribution in [-0.4, -0.2) is 23.9 Å². The fourth-order valence-electron chi connectivity index (χ4n) is 7.33. The van der Waals surface area contributed by atoms with Crippen LogP contribution in [0.5, 0.6) is 0 Å². The first kappa shape index (κ1) is 28.2. The zero-order valence-electron chi connectivity index (χ0n) is 27.0. The van der Waals surface area contributed by atoms with Crippen LogP contribution < -0.4 is 0 Å². The predicted octanol–water partition coefficient (Wildman–Crippen LogP) is 11.1. The molecule has 0 fully saturated rings. The third-order valence-corrected chi connectivity index (χ3v) is 9.58. The van der Waals surface area contributed by atoms with Gasteiger partial charge in [0.05, 0.1) is 27.6 Å². The number of fused-ring (bicyclic) bond motifs is 7. The lowest BCUT2D eigenvalue weighted by Crippen LogP contribution is -2.02. The Morgan fingerprint density at radius 3 is 1.30 bits per heavy atom. The van der Waals surface area contributed by atoms with Gasteiger partial charge in [0.25, 0.3) is 0 Å². The number of hydrogen-bond acceptors (Lipinski definition) is 3. The Hall–Kier alpha value is -6.85. The molecule has 0 unspecified atom stereocenters. The summed E-state index contributed by atoms with van der Waals surface area (Å²) in [6, 6.07) is 61.6. The number of benzene rings is 7. The minimum Gasteiger partial charge on any atom is -0.308 e. The maximum absolute atomic E-state index is 4.97. The van der Waals surface area contributed by atoms with Crippen molar-refractivity contribution in [2.45, 2.75) is 0 Å². The van der Waals surface area contributed by atoms with Gasteiger partial charge < -0.3 is 8.97 Å². The van der Waals surface area contributed by atoms with Gasteiger partial charge in [-0.25, -0.2) is 15.0 Å². The van der Waals surface area contributed by atoms with Crippen LogP contribution in [0.3, 0.4) is 0 Å². The zero-order chi connectivity index (χ0) is 33.0. The summed E-state index contributed by atoms with van der Waals surface area (Å²) in [5, 5.41) is 4.88. The summed E-state index contributed by atoms with van der Waals surface area (Å²) in [7, 11) is 0. The Morgan fingerprint density at radius 1 is 0.300 bits per heavy atom. The summed E-state index contributed by atoms with van der Waals surface area (Å²) in [5.74, 6) is 1.93. The minimum atomic E-state index is 0.632. The van der Waals surface area contributed by atoms with Crippen LogP contribution >= 0.6 is 0 Å². The molecule has 0 radical (unpaired) electrons. The topological polar surface area (TPSA) is 48.0 Å². The van der Waals surface area contributed by atoms with Crippen LogP contribution in [0.4, 0.5) is 0 Å². The van der Waals surface area contributed by atoms with E-state index in [1.807, 2.05) is 60.7 Å². The average molecular weight is 640 g/mol. The molecule has 10 aromatic rings. The maximum atomic E-state index is 4.97. The highest BCUT2D eigenvalue weighted by Gasteiger charge is 2.17. The lowest BCUT2D eigenvalue weighted by molar-refractivity contribution is 1.07. The Labute approximate surface area is 288 Å². The van der Waals surface area contributed by atoms with Crippen molar-refractivity contribution in [2.24, 2.45) is 0 Å². The van der Waals surface area contributed by atoms with Crippen molar-refractivity contribution in [1.29, 1.82) is 0 Å². The third kappa shape index (κ3) is 4.45. The summed E-state index contributed by atoms with van der Waals surface area (Å²) in [6.45, 7) is 0. The van der Waals surface area contributed by atoms with Crippen molar-refractivity contribution >= 4 is 49.1 Å². The van der Waals surface area contributed by atoms with Gasteiger partial charge in [-0.05, 0) is 48.5 Å². The fraction of sp³-hybridized carbons (Fsp3) is 0. The van der Waals surface area contributed by atoms with E-state index in [-0.39, 0.29) is 0 Å². The Balaban J connectivity index is 1.24. The third-order valence-electron chi connectivity index (χ3n) is 9.58. The molecule has 5 nitrogen and oxygen atoms in total. The molecule has 7 aromatic carbocycles. The molecule has 0 aliphatic heterocycles. The van der Waals surface area contributed by atoms with Crippen LogP contribution in [0.15, 0.2) is 176 Å². The van der Waals surface area contributed by atoms with Gasteiger partial charge in [-0.15, -0.1) is 0 Å². The van der Waals surface area contributed by atoms with E-state index < -0.39 is 0 Å². The van der Waals surface area contributed by atoms with Gasteiger partial charge >= 0.3 is 0 Å². The van der Waals surface area contributed by atoms with E-state index in [1.165, 1.54) is 32.6 Å². The van der Waals surface area contributed by atoms with E-state index in [0.717, 1.165) is 38.9 Å². The van der Waals surface area contributed by atoms with Crippen molar-refractivity contribution in [1.82, 2.24) is 23.9 Å². The zero-order valence-corrected chi connectivity index (χ0v) is 27.0. The first-order valence-electron chi connectivity index (χ1n) is 16.8. The molecule has 0 saturated carbocycles. The normalized spacial score (nSPS) is 11.6. The van der Waals surface area contributed by atoms with E-state index in [0.29, 0.717) is 17.5 Å². The second kappa shape index (κ2) is 11.4. The molecule has 0 aliphatic rings. The van der Waals surface area contributed by atoms with Gasteiger partial charge in [-0.2, -0.15) is 0 Å². The van der Waals surface area contributed by atoms with Gasteiger partial charge in [0.1, 0.15) is 0 Å². The molecule has 0 N–H and O–H groups in total. The van der Waals surface area contributed by atoms with Crippen LogP contribution in [-0.2, 0) is 0 Å². The highest BCUT2D eigenvalue weighted by Crippen LogP contribution is 2.37. The molecule has 0 spiro atoms. The van der Waals surface area contributed by atoms with Crippen LogP contribution in [0, 0.1) is 0 Å². The second-order valence-corrected chi connectivity index (χ2v) is 12.5. The summed E-state index contributed by atoms with van der Waals surface area (Å²) in [5.41, 5.74) is 9.62. The van der Waals surface area contributed by atoms with E-state index in [2.05, 4.69) is 124 Å². The lowest BCUT2D eigenvalue weighted by atomic mass is 10.1. The first-order valence-corrected chi connectivity index (χ1v) is 16.8. The number of aromatic nitrogens is 5. The minimum absolute atomic E-state index is 0.632. The first-order chi connectivity index (χ1) is 24.8. The van der Waals surface area contributed by atoms with E-state index in [1.54, 1.807) is 0 Å². The molecular weight excluding hydrogens is 611 g/mol. The summed E-state index contributed by atoms with van der Waals surface area (Å²) in [4.78, 5) is 14.8. The van der Waals surface area contributed by atoms with Gasteiger partial charge in [-0.1, -0.05) is 127 Å². The van der Waals surface area contributed by atoms with Crippen molar-refractivity contribution in [3.05, 3.63) is 176 Å². The van der Waals surface area contributed by atoms with E-state index in [9.17, 15) is 0 Å². The van der Waals surface area contributed by atoms with Gasteiger partial charge in [0.15, 0.2) is 17.5 Å². The van der Waals surface area contributed by atoms with Crippen molar-refractivity contribution in [3.63, 3.8) is 0 Å². The quantitative estimate of drug-likeness (QED) is 0.192. The molecule has 10 rings (SSSR count). The van der Waals surface area contributed by atoms with E-state index >= 15 is 0 Å². The number of nitrogens with zero attached hydrogens (tertiary/aromatic N) is 5. The van der Waals surface area contributed by atoms with Crippen LogP contribution in [0.1, 0.15) is 0 Å². The highest BCUT2D eigenvalue weighted by atomic mass is 15.0. The Kier molecular flexibility index (Phi) is 6.42. The molecular formula is C45H29N5. The predicted molar refractivity (Wildman–Crippen MR) is 205 cm³/mol. The van der Waals surface area contributed by atoms with Crippen LogP contribution in [0.25, 0.3) is 89.0 Å². The standard InChI is InChI=1S/C45H29N5/c1-3-14-30(15-4-1)43-46-44(31-16-5-2-6-17-31)48-45(47-43)32-26-28-33(29-27-32)49-38-22-9-7-18-34(38)36-20-13-21-37-35-19-8-10-23-39(35)50(42(36)37)41-25-12-11-24-40(41)49/h1-29H. The Morgan fingerprint density at radius 2 is 0.720 bits per heavy atom. The smallest absolute Gasteiger partial charge is 0.164 e. The number of hydrogen-bond donors (Lipinski definition) is 0. The van der Waals surface area contributed by atoms with Crippen LogP contribution in [0.2, 0.25) is 0 Å². The maximum Gasteiger partial charge on any atom is 0.164 e. The molecule has 3 heterocycles. The van der Waals surface area contributed by atoms with Crippen molar-refractivity contribution < 1.29 is 0 Å². The monoisotopic (exact) mass is 639 g/mol. The van der Waals surface area contributed by atoms with Gasteiger partial charge in [-0.3, -0.25) is 0 Å². The van der Waals surface area contributed by atoms with E-state index in [4.69, 9.17) is 15.0 Å². The molecule has 0 aliphatic carbocycles. The SMILES string of the molecule is c1ccc(-c2nc(-c3ccccc3)nc(-c3ccc(-n4c5ccccc5c5cccc6c7ccccc7n(c7ccccc74)c56)cc3)n2)cc1. The Bertz CT molecular complexity index is 2850. The molecule has 5 heteroatoms. The van der Waals surface area contributed by atoms with Gasteiger partial charge in [0.2, 0.25) is 0 Å². The molecule has 3 aromatic heterocycles. The molecule has 0 atom stereocenters. The summed E-state index contributed by atoms with van der Waals surface area (Å²) >= 11 is 0. The lowest BCUT2D eigenvalue weighted by Gasteiger charge is -2.17. The average Bonchev–Trinajstić information content (AvgIpc) is 3.53. The molecule has 0 bridgehead atoms. The highest BCUT2D eigenvalue weighted by molar-refractivity contribution is 6.20. The number of rotatable bonds is 4. The summed E-state index contributed by atoms with van der Waals surface area (Å²) < 4.78 is 4.82. The molecule has 0 amide bonds. The van der Waals surface area contributed by atoms with Crippen molar-refractivity contribution in [3.8, 4) is 39.9 Å². The summed E-state index contributed by atoms with van der Waals surface area (Å²) in [6.07, 6.45) is 0. The fourth-order valence-corrected chi connectivity index (χ4v) is 7.33. The number of para-hydroxylation sites is 5. The van der Waals surface area contributed by atoms with Gasteiger partial charge in [0, 0.05) is 43.9 Å². The molecule has 50 heavy (non-hydrogen) atoms.